The summed E-state index contributed by atoms with van der Waals surface area (Å²) in [5.41, 5.74) is 6.41. The summed E-state index contributed by atoms with van der Waals surface area (Å²) < 4.78 is 67.1. The van der Waals surface area contributed by atoms with E-state index in [9.17, 15) is 23.3 Å². The molecule has 1 saturated carbocycles. The fraction of sp³-hybridized carbons (Fsp3) is 0.508. The van der Waals surface area contributed by atoms with Crippen LogP contribution in [0.3, 0.4) is 0 Å². The van der Waals surface area contributed by atoms with E-state index in [0.717, 1.165) is 119 Å². The van der Waals surface area contributed by atoms with Crippen LogP contribution in [0.5, 0.6) is 17.4 Å². The zero-order valence-corrected chi connectivity index (χ0v) is 49.8. The summed E-state index contributed by atoms with van der Waals surface area (Å²) >= 11 is 0. The fourth-order valence-corrected chi connectivity index (χ4v) is 15.9. The fourth-order valence-electron chi connectivity index (χ4n) is 14.9. The Morgan fingerprint density at radius 3 is 2.52 bits per heavy atom. The summed E-state index contributed by atoms with van der Waals surface area (Å²) in [6.45, 7) is 13.8. The predicted molar refractivity (Wildman–Crippen MR) is 324 cm³/mol. The lowest BCUT2D eigenvalue weighted by atomic mass is 9.59. The van der Waals surface area contributed by atoms with Gasteiger partial charge in [0.05, 0.1) is 66.1 Å². The van der Waals surface area contributed by atoms with Crippen molar-refractivity contribution in [2.24, 2.45) is 11.3 Å². The van der Waals surface area contributed by atoms with Crippen molar-refractivity contribution in [2.75, 3.05) is 113 Å². The van der Waals surface area contributed by atoms with E-state index in [-0.39, 0.29) is 59.1 Å². The number of sulfonamides is 1. The monoisotopic (exact) mass is 1190 g/mol. The second-order valence-corrected chi connectivity index (χ2v) is 26.5. The van der Waals surface area contributed by atoms with Gasteiger partial charge in [-0.15, -0.1) is 0 Å². The quantitative estimate of drug-likeness (QED) is 0.0732. The standard InChI is InChI=1S/C63H75N11O11S/c1-39-6-4-5-7-47(39)54-35-69(34-41-26-56(80-3)60(65-33-41)71-21-25-83-36-40(71)2)19-20-72(54)45-31-63(32-45)14-17-70(18-15-63)44-8-9-48(51(28-44)73-50-13-24-82-38-57(50)85-62-53(73)27-43-10-16-64-59(43)67-62)61(75)68-86(78,79)46-29-52(74(76)77)58-55(30-46)84-37-49(66-58)42-11-22-81-23-12-42/h4-10,16,26-30,33,40,42,45,49-50,54,57,66H,11-15,17-25,31-32,34-38H2,1-3H3,(H,64,67)(H,68,75)/t40-,49-,50-,54-,57-/m0/s1. The van der Waals surface area contributed by atoms with Crippen molar-refractivity contribution in [1.29, 1.82) is 0 Å². The molecule has 22 nitrogen and oxygen atoms in total. The van der Waals surface area contributed by atoms with Gasteiger partial charge in [-0.05, 0) is 123 Å². The third-order valence-corrected chi connectivity index (χ3v) is 21.0. The zero-order chi connectivity index (χ0) is 58.8. The van der Waals surface area contributed by atoms with Gasteiger partial charge in [0, 0.05) is 113 Å². The number of hydrogen-bond acceptors (Lipinski definition) is 19. The molecular formula is C63H75N11O11S. The lowest BCUT2D eigenvalue weighted by molar-refractivity contribution is -0.384. The lowest BCUT2D eigenvalue weighted by Gasteiger charge is -2.58. The number of morpholine rings is 1. The van der Waals surface area contributed by atoms with Crippen molar-refractivity contribution >= 4 is 61.2 Å². The molecule has 3 aromatic carbocycles. The van der Waals surface area contributed by atoms with Gasteiger partial charge in [0.2, 0.25) is 5.88 Å². The normalized spacial score (nSPS) is 24.6. The minimum atomic E-state index is -4.72. The number of piperazine rings is 1. The van der Waals surface area contributed by atoms with Crippen molar-refractivity contribution in [3.8, 4) is 17.4 Å². The maximum atomic E-state index is 15.0. The number of amides is 1. The molecule has 454 valence electrons. The molecule has 3 N–H and O–H groups in total. The number of piperidine rings is 1. The topological polar surface area (TPSA) is 232 Å². The molecule has 14 rings (SSSR count). The maximum absolute atomic E-state index is 15.0. The molecule has 5 atom stereocenters. The van der Waals surface area contributed by atoms with E-state index in [1.165, 1.54) is 17.2 Å². The predicted octanol–water partition coefficient (Wildman–Crippen LogP) is 8.12. The van der Waals surface area contributed by atoms with Gasteiger partial charge in [0.1, 0.15) is 24.0 Å². The number of fused-ring (bicyclic) bond motifs is 4. The number of benzene rings is 3. The van der Waals surface area contributed by atoms with E-state index in [2.05, 4.69) is 83.7 Å². The Labute approximate surface area is 500 Å². The van der Waals surface area contributed by atoms with Crippen molar-refractivity contribution in [3.05, 3.63) is 118 Å². The minimum Gasteiger partial charge on any atom is -0.493 e. The van der Waals surface area contributed by atoms with E-state index >= 15 is 0 Å². The van der Waals surface area contributed by atoms with E-state index in [0.29, 0.717) is 75.0 Å². The molecule has 10 heterocycles. The number of nitro benzene ring substituents is 1. The number of nitrogens with one attached hydrogen (secondary N) is 3. The van der Waals surface area contributed by atoms with Gasteiger partial charge >= 0.3 is 0 Å². The van der Waals surface area contributed by atoms with Gasteiger partial charge in [-0.25, -0.2) is 18.1 Å². The van der Waals surface area contributed by atoms with Gasteiger partial charge in [0.15, 0.2) is 23.0 Å². The van der Waals surface area contributed by atoms with Crippen LogP contribution in [0.25, 0.3) is 11.0 Å². The summed E-state index contributed by atoms with van der Waals surface area (Å²) in [4.78, 5) is 51.6. The molecule has 23 heteroatoms. The second-order valence-electron chi connectivity index (χ2n) is 24.8. The highest BCUT2D eigenvalue weighted by molar-refractivity contribution is 7.90. The molecular weight excluding hydrogens is 1120 g/mol. The molecule has 6 fully saturated rings. The number of nitro groups is 1. The van der Waals surface area contributed by atoms with Crippen molar-refractivity contribution in [3.63, 3.8) is 0 Å². The Hall–Kier alpha value is -7.28. The molecule has 3 aromatic heterocycles. The number of anilines is 5. The molecule has 1 aliphatic carbocycles. The van der Waals surface area contributed by atoms with Gasteiger partial charge in [-0.1, -0.05) is 24.3 Å². The Bertz CT molecular complexity index is 3660. The molecule has 0 bridgehead atoms. The highest BCUT2D eigenvalue weighted by Crippen LogP contribution is 2.54. The van der Waals surface area contributed by atoms with E-state index in [1.807, 2.05) is 36.7 Å². The first-order valence-electron chi connectivity index (χ1n) is 30.5. The Kier molecular flexibility index (Phi) is 15.2. The number of ether oxygens (including phenoxy) is 6. The number of pyridine rings is 2. The van der Waals surface area contributed by atoms with Crippen LogP contribution in [0.4, 0.5) is 34.3 Å². The SMILES string of the molecule is COc1cc(CN2CCN(C3CC4(CCN(c5ccc(C(=O)NS(=O)(=O)c6cc7c(c([N+](=O)[O-])c6)N[C@H](C6CCOCC6)CO7)c(N6c7cc8cc[nH]c8nc7O[C@H]7COCC[C@@H]76)c5)CC4)C3)[C@H](c3ccccc3C)C2)cnc1N1CCOC[C@@H]1C. The van der Waals surface area contributed by atoms with Gasteiger partial charge in [-0.2, -0.15) is 4.98 Å². The molecule has 1 amide bonds. The van der Waals surface area contributed by atoms with Crippen LogP contribution in [0.15, 0.2) is 90.1 Å². The molecule has 1 spiro atoms. The first-order chi connectivity index (χ1) is 41.8. The van der Waals surface area contributed by atoms with Crippen molar-refractivity contribution < 1.29 is 46.6 Å². The first kappa shape index (κ1) is 56.5. The lowest BCUT2D eigenvalue weighted by Crippen LogP contribution is -2.59. The third kappa shape index (κ3) is 10.7. The number of H-pyrrole nitrogens is 1. The van der Waals surface area contributed by atoms with E-state index in [4.69, 9.17) is 38.4 Å². The number of carbonyl (C=O) groups is 1. The van der Waals surface area contributed by atoms with Gasteiger partial charge in [-0.3, -0.25) is 24.7 Å². The number of aromatic nitrogens is 3. The van der Waals surface area contributed by atoms with Crippen LogP contribution < -0.4 is 38.9 Å². The summed E-state index contributed by atoms with van der Waals surface area (Å²) in [6.07, 6.45) is 9.71. The number of hydrogen-bond donors (Lipinski definition) is 3. The number of carbonyl (C=O) groups excluding carboxylic acids is 1. The van der Waals surface area contributed by atoms with Crippen molar-refractivity contribution in [2.45, 2.75) is 107 Å². The molecule has 6 aromatic rings. The summed E-state index contributed by atoms with van der Waals surface area (Å²) in [7, 11) is -2.99. The van der Waals surface area contributed by atoms with Crippen LogP contribution in [-0.2, 0) is 30.8 Å². The molecule has 5 saturated heterocycles. The molecule has 7 aliphatic heterocycles. The van der Waals surface area contributed by atoms with Gasteiger partial charge in [0.25, 0.3) is 21.6 Å². The average molecular weight is 1190 g/mol. The zero-order valence-electron chi connectivity index (χ0n) is 49.0. The van der Waals surface area contributed by atoms with E-state index in [1.54, 1.807) is 13.2 Å². The van der Waals surface area contributed by atoms with E-state index < -0.39 is 37.5 Å². The first-order valence-corrected chi connectivity index (χ1v) is 32.0. The highest BCUT2D eigenvalue weighted by atomic mass is 32.2. The van der Waals surface area contributed by atoms with Crippen LogP contribution in [0, 0.1) is 28.4 Å². The van der Waals surface area contributed by atoms with Crippen molar-refractivity contribution in [1.82, 2.24) is 29.5 Å². The summed E-state index contributed by atoms with van der Waals surface area (Å²) in [6, 6.07) is 23.1. The van der Waals surface area contributed by atoms with Gasteiger partial charge < -0.3 is 53.4 Å². The summed E-state index contributed by atoms with van der Waals surface area (Å²) in [5.74, 6) is 1.32. The number of rotatable bonds is 13. The third-order valence-electron chi connectivity index (χ3n) is 19.7. The maximum Gasteiger partial charge on any atom is 0.297 e. The van der Waals surface area contributed by atoms with Crippen LogP contribution >= 0.6 is 0 Å². The summed E-state index contributed by atoms with van der Waals surface area (Å²) in [5, 5.41) is 16.7. The molecule has 0 unspecified atom stereocenters. The Morgan fingerprint density at radius 2 is 1.72 bits per heavy atom. The second kappa shape index (κ2) is 23.1. The Morgan fingerprint density at radius 1 is 0.907 bits per heavy atom. The highest BCUT2D eigenvalue weighted by Gasteiger charge is 2.51. The number of nitrogens with zero attached hydrogens (tertiary/aromatic N) is 8. The molecule has 0 radical (unpaired) electrons. The van der Waals surface area contributed by atoms with Crippen LogP contribution in [0.2, 0.25) is 0 Å². The van der Waals surface area contributed by atoms with Crippen LogP contribution in [0.1, 0.15) is 85.0 Å². The Balaban J connectivity index is 0.712. The molecule has 86 heavy (non-hydrogen) atoms. The minimum absolute atomic E-state index is 0.0254. The largest absolute Gasteiger partial charge is 0.493 e. The number of aryl methyl sites for hydroxylation is 1. The average Bonchev–Trinajstić information content (AvgIpc) is 1.12. The molecule has 8 aliphatic rings. The number of aromatic amines is 1. The number of methoxy groups -OCH3 is 1. The smallest absolute Gasteiger partial charge is 0.297 e. The van der Waals surface area contributed by atoms with Crippen LogP contribution in [-0.4, -0.2) is 167 Å².